The molecule has 1 aliphatic carbocycles. The molecule has 3 aliphatic rings. The molecule has 1 spiro atoms. The maximum Gasteiger partial charge on any atom is 0.319 e. The van der Waals surface area contributed by atoms with E-state index in [1.165, 1.54) is 0 Å². The maximum absolute atomic E-state index is 12.0. The summed E-state index contributed by atoms with van der Waals surface area (Å²) in [6, 6.07) is 15.8. The summed E-state index contributed by atoms with van der Waals surface area (Å²) in [7, 11) is 3.24. The van der Waals surface area contributed by atoms with E-state index in [9.17, 15) is 9.59 Å². The third kappa shape index (κ3) is 6.53. The fourth-order valence-electron chi connectivity index (χ4n) is 7.52. The lowest BCUT2D eigenvalue weighted by Gasteiger charge is -2.47. The molecule has 2 fully saturated rings. The molecule has 10 nitrogen and oxygen atoms in total. The van der Waals surface area contributed by atoms with Crippen LogP contribution >= 0.6 is 23.2 Å². The number of benzene rings is 3. The molecule has 260 valence electrons. The van der Waals surface area contributed by atoms with Crippen LogP contribution < -0.4 is 20.1 Å². The number of amides is 1. The first-order chi connectivity index (χ1) is 24.2. The number of ether oxygens (including phenoxy) is 3. The summed E-state index contributed by atoms with van der Waals surface area (Å²) >= 11 is 14.3. The molecule has 2 saturated heterocycles. The molecule has 1 atom stereocenters. The summed E-state index contributed by atoms with van der Waals surface area (Å²) in [6.07, 6.45) is 4.86. The molecule has 2 aliphatic heterocycles. The Balaban J connectivity index is 1.14. The number of methoxy groups -OCH3 is 2. The van der Waals surface area contributed by atoms with Gasteiger partial charge in [-0.1, -0.05) is 65.7 Å². The van der Waals surface area contributed by atoms with Gasteiger partial charge in [-0.2, -0.15) is 0 Å². The number of fused-ring (bicyclic) bond motifs is 1. The summed E-state index contributed by atoms with van der Waals surface area (Å²) in [4.78, 5) is 35.5. The second-order valence-corrected chi connectivity index (χ2v) is 13.8. The minimum absolute atomic E-state index is 0.0125. The van der Waals surface area contributed by atoms with Crippen molar-refractivity contribution < 1.29 is 23.8 Å². The Morgan fingerprint density at radius 2 is 1.74 bits per heavy atom. The van der Waals surface area contributed by atoms with Crippen LogP contribution in [0, 0.1) is 0 Å². The number of aromatic nitrogens is 2. The van der Waals surface area contributed by atoms with E-state index in [1.807, 2.05) is 42.5 Å². The zero-order chi connectivity index (χ0) is 35.0. The number of carbonyl (C=O) groups excluding carboxylic acids is 2. The lowest BCUT2D eigenvalue weighted by atomic mass is 9.88. The highest BCUT2D eigenvalue weighted by molar-refractivity contribution is 6.39. The van der Waals surface area contributed by atoms with Gasteiger partial charge in [-0.05, 0) is 43.4 Å². The van der Waals surface area contributed by atoms with Crippen LogP contribution in [0.3, 0.4) is 0 Å². The van der Waals surface area contributed by atoms with E-state index >= 15 is 0 Å². The number of likely N-dealkylation sites (tertiary alicyclic amines) is 1. The van der Waals surface area contributed by atoms with Crippen molar-refractivity contribution >= 4 is 35.1 Å². The summed E-state index contributed by atoms with van der Waals surface area (Å²) < 4.78 is 16.6. The molecule has 2 N–H and O–H groups in total. The van der Waals surface area contributed by atoms with Gasteiger partial charge in [0.05, 0.1) is 54.8 Å². The van der Waals surface area contributed by atoms with Crippen molar-refractivity contribution in [1.29, 1.82) is 0 Å². The molecule has 0 radical (unpaired) electrons. The van der Waals surface area contributed by atoms with E-state index in [-0.39, 0.29) is 30.0 Å². The largest absolute Gasteiger partial charge is 0.496 e. The van der Waals surface area contributed by atoms with Gasteiger partial charge in [-0.15, -0.1) is 0 Å². The molecule has 50 heavy (non-hydrogen) atoms. The minimum atomic E-state index is -0.275. The Morgan fingerprint density at radius 3 is 2.42 bits per heavy atom. The van der Waals surface area contributed by atoms with Gasteiger partial charge >= 0.3 is 5.97 Å². The molecular formula is C38H39Cl2N5O5. The molecule has 1 amide bonds. The van der Waals surface area contributed by atoms with Crippen LogP contribution in [0.5, 0.6) is 11.6 Å². The molecule has 4 aromatic rings. The topological polar surface area (TPSA) is 115 Å². The molecule has 3 aromatic carbocycles. The number of carbonyl (C=O) groups is 2. The Bertz CT molecular complexity index is 1960. The summed E-state index contributed by atoms with van der Waals surface area (Å²) in [6.45, 7) is 4.43. The van der Waals surface area contributed by atoms with Crippen LogP contribution in [0.15, 0.2) is 54.7 Å². The fraction of sp³-hybridized carbons (Fsp3) is 0.368. The maximum atomic E-state index is 12.0. The van der Waals surface area contributed by atoms with Gasteiger partial charge in [0.25, 0.3) is 0 Å². The highest BCUT2D eigenvalue weighted by atomic mass is 35.5. The van der Waals surface area contributed by atoms with Crippen molar-refractivity contribution in [2.75, 3.05) is 40.5 Å². The Hall–Kier alpha value is -4.22. The van der Waals surface area contributed by atoms with Gasteiger partial charge in [0, 0.05) is 59.9 Å². The number of esters is 1. The van der Waals surface area contributed by atoms with Gasteiger partial charge in [0.2, 0.25) is 11.8 Å². The first-order valence-electron chi connectivity index (χ1n) is 16.8. The quantitative estimate of drug-likeness (QED) is 0.170. The number of rotatable bonds is 11. The van der Waals surface area contributed by atoms with E-state index < -0.39 is 0 Å². The highest BCUT2D eigenvalue weighted by Gasteiger charge is 2.47. The highest BCUT2D eigenvalue weighted by Crippen LogP contribution is 2.46. The summed E-state index contributed by atoms with van der Waals surface area (Å²) in [5, 5.41) is 7.51. The molecule has 7 rings (SSSR count). The first-order valence-corrected chi connectivity index (χ1v) is 17.6. The van der Waals surface area contributed by atoms with Crippen LogP contribution in [0.2, 0.25) is 10.0 Å². The van der Waals surface area contributed by atoms with E-state index in [1.54, 1.807) is 27.3 Å². The van der Waals surface area contributed by atoms with E-state index in [0.29, 0.717) is 46.8 Å². The lowest BCUT2D eigenvalue weighted by molar-refractivity contribution is -0.142. The number of hydrogen-bond acceptors (Lipinski definition) is 9. The average molecular weight is 717 g/mol. The van der Waals surface area contributed by atoms with Crippen molar-refractivity contribution in [2.45, 2.75) is 50.7 Å². The van der Waals surface area contributed by atoms with E-state index in [2.05, 4.69) is 21.6 Å². The second kappa shape index (κ2) is 14.2. The lowest BCUT2D eigenvalue weighted by Crippen LogP contribution is -2.66. The van der Waals surface area contributed by atoms with Gasteiger partial charge < -0.3 is 19.5 Å². The van der Waals surface area contributed by atoms with Crippen LogP contribution in [-0.4, -0.2) is 72.7 Å². The number of hydrogen-bond donors (Lipinski definition) is 2. The zero-order valence-electron chi connectivity index (χ0n) is 28.3. The third-order valence-electron chi connectivity index (χ3n) is 9.84. The smallest absolute Gasteiger partial charge is 0.319 e. The average Bonchev–Trinajstić information content (AvgIpc) is 3.71. The normalized spacial score (nSPS) is 17.7. The first kappa shape index (κ1) is 34.2. The molecule has 12 heteroatoms. The number of nitrogens with zero attached hydrogens (tertiary/aromatic N) is 3. The number of halogens is 2. The SMILES string of the molecule is CCOC(=O)CNC1CCc2cc(-c3cccc(-c4cccc(-c5cnc(CN6CC7(CCC(=O)N7)C6)c(OC)n5)c4Cl)c3Cl)cc(OC)c21. The van der Waals surface area contributed by atoms with Crippen molar-refractivity contribution in [3.8, 4) is 45.1 Å². The molecule has 0 saturated carbocycles. The van der Waals surface area contributed by atoms with E-state index in [0.717, 1.165) is 77.2 Å². The summed E-state index contributed by atoms with van der Waals surface area (Å²) in [5.41, 5.74) is 7.45. The standard InChI is InChI=1S/C38H39Cl2N5O5/c1-4-50-33(47)18-42-28-12-11-22-15-23(16-31(48-2)34(22)28)24-7-5-8-25(35(24)39)26-9-6-10-27(36(26)40)29-17-41-30(37(43-29)49-3)19-45-20-38(21-45)14-13-32(46)44-38/h5-10,15-17,28,42H,4,11-14,18-21H2,1-3H3,(H,44,46). The Labute approximate surface area is 301 Å². The van der Waals surface area contributed by atoms with E-state index in [4.69, 9.17) is 47.4 Å². The Kier molecular flexibility index (Phi) is 9.72. The molecule has 1 aromatic heterocycles. The van der Waals surface area contributed by atoms with Crippen LogP contribution in [0.1, 0.15) is 49.0 Å². The van der Waals surface area contributed by atoms with Crippen LogP contribution in [-0.2, 0) is 27.3 Å². The fourth-order valence-corrected chi connectivity index (χ4v) is 8.18. The predicted octanol–water partition coefficient (Wildman–Crippen LogP) is 6.41. The van der Waals surface area contributed by atoms with Gasteiger partial charge in [-0.25, -0.2) is 4.98 Å². The van der Waals surface area contributed by atoms with Gasteiger partial charge in [0.1, 0.15) is 11.4 Å². The monoisotopic (exact) mass is 715 g/mol. The van der Waals surface area contributed by atoms with Crippen molar-refractivity contribution in [3.05, 3.63) is 81.6 Å². The number of nitrogens with one attached hydrogen (secondary N) is 2. The zero-order valence-corrected chi connectivity index (χ0v) is 29.8. The summed E-state index contributed by atoms with van der Waals surface area (Å²) in [5.74, 6) is 1.03. The molecular weight excluding hydrogens is 677 g/mol. The molecule has 1 unspecified atom stereocenters. The predicted molar refractivity (Wildman–Crippen MR) is 193 cm³/mol. The van der Waals surface area contributed by atoms with Gasteiger partial charge in [0.15, 0.2) is 0 Å². The minimum Gasteiger partial charge on any atom is -0.496 e. The second-order valence-electron chi connectivity index (χ2n) is 13.0. The van der Waals surface area contributed by atoms with Crippen molar-refractivity contribution in [2.24, 2.45) is 0 Å². The van der Waals surface area contributed by atoms with Gasteiger partial charge in [-0.3, -0.25) is 24.8 Å². The third-order valence-corrected chi connectivity index (χ3v) is 10.7. The van der Waals surface area contributed by atoms with Crippen LogP contribution in [0.25, 0.3) is 33.5 Å². The Morgan fingerprint density at radius 1 is 1.02 bits per heavy atom. The molecule has 3 heterocycles. The number of aryl methyl sites for hydroxylation is 1. The molecule has 0 bridgehead atoms. The van der Waals surface area contributed by atoms with Crippen molar-refractivity contribution in [3.63, 3.8) is 0 Å². The van der Waals surface area contributed by atoms with Crippen molar-refractivity contribution in [1.82, 2.24) is 25.5 Å². The van der Waals surface area contributed by atoms with Crippen LogP contribution in [0.4, 0.5) is 0 Å².